The van der Waals surface area contributed by atoms with E-state index >= 15 is 0 Å². The highest BCUT2D eigenvalue weighted by Gasteiger charge is 2.27. The van der Waals surface area contributed by atoms with Crippen LogP contribution in [0, 0.1) is 6.92 Å². The molecule has 0 atom stereocenters. The minimum Gasteiger partial charge on any atom is -0.383 e. The monoisotopic (exact) mass is 377 g/mol. The quantitative estimate of drug-likeness (QED) is 0.834. The third kappa shape index (κ3) is 3.19. The Morgan fingerprint density at radius 3 is 2.73 bits per heavy atom. The molecule has 0 saturated heterocycles. The van der Waals surface area contributed by atoms with Gasteiger partial charge in [-0.25, -0.2) is 8.42 Å². The first-order valence-electron chi connectivity index (χ1n) is 8.43. The normalized spacial score (nSPS) is 14.9. The van der Waals surface area contributed by atoms with Crippen molar-refractivity contribution in [3.8, 4) is 0 Å². The number of carbonyl (C=O) groups excluding carboxylic acids is 1. The molecule has 0 bridgehead atoms. The molecular weight excluding hydrogens is 354 g/mol. The summed E-state index contributed by atoms with van der Waals surface area (Å²) in [5, 5.41) is 7.07. The SMILES string of the molecule is CCS(=O)(=O)N1CCc2c(cccc2NC(=O)c2c(C)nn(C)c2N)C1. The lowest BCUT2D eigenvalue weighted by atomic mass is 9.99. The van der Waals surface area contributed by atoms with Gasteiger partial charge in [-0.3, -0.25) is 9.48 Å². The Morgan fingerprint density at radius 1 is 1.38 bits per heavy atom. The molecule has 0 fully saturated rings. The number of hydrogen-bond acceptors (Lipinski definition) is 5. The Hall–Kier alpha value is -2.39. The zero-order valence-corrected chi connectivity index (χ0v) is 15.9. The summed E-state index contributed by atoms with van der Waals surface area (Å²) < 4.78 is 27.2. The third-order valence-corrected chi connectivity index (χ3v) is 6.56. The van der Waals surface area contributed by atoms with Gasteiger partial charge in [-0.2, -0.15) is 9.40 Å². The molecule has 9 heteroatoms. The lowest BCUT2D eigenvalue weighted by Crippen LogP contribution is -2.37. The summed E-state index contributed by atoms with van der Waals surface area (Å²) in [6.45, 7) is 4.11. The van der Waals surface area contributed by atoms with Gasteiger partial charge in [0, 0.05) is 25.8 Å². The van der Waals surface area contributed by atoms with Crippen molar-refractivity contribution in [2.75, 3.05) is 23.3 Å². The van der Waals surface area contributed by atoms with Crippen LogP contribution in [0.1, 0.15) is 34.1 Å². The number of anilines is 2. The maximum Gasteiger partial charge on any atom is 0.261 e. The molecule has 0 radical (unpaired) electrons. The van der Waals surface area contributed by atoms with E-state index in [2.05, 4.69) is 10.4 Å². The summed E-state index contributed by atoms with van der Waals surface area (Å²) >= 11 is 0. The largest absolute Gasteiger partial charge is 0.383 e. The minimum absolute atomic E-state index is 0.0817. The minimum atomic E-state index is -3.23. The highest BCUT2D eigenvalue weighted by molar-refractivity contribution is 7.89. The Labute approximate surface area is 153 Å². The zero-order valence-electron chi connectivity index (χ0n) is 15.1. The van der Waals surface area contributed by atoms with E-state index < -0.39 is 10.0 Å². The number of amides is 1. The molecule has 0 unspecified atom stereocenters. The van der Waals surface area contributed by atoms with Gasteiger partial charge in [0.05, 0.1) is 11.4 Å². The molecule has 2 aromatic rings. The van der Waals surface area contributed by atoms with Crippen LogP contribution < -0.4 is 11.1 Å². The van der Waals surface area contributed by atoms with E-state index in [4.69, 9.17) is 5.73 Å². The molecule has 2 heterocycles. The van der Waals surface area contributed by atoms with E-state index in [9.17, 15) is 13.2 Å². The number of nitrogens with one attached hydrogen (secondary N) is 1. The van der Waals surface area contributed by atoms with Crippen LogP contribution in [0.25, 0.3) is 0 Å². The Kier molecular flexibility index (Phi) is 4.76. The van der Waals surface area contributed by atoms with Crippen LogP contribution in [-0.4, -0.2) is 40.7 Å². The third-order valence-electron chi connectivity index (χ3n) is 4.73. The summed E-state index contributed by atoms with van der Waals surface area (Å²) in [5.74, 6) is 0.0772. The number of benzene rings is 1. The summed E-state index contributed by atoms with van der Waals surface area (Å²) in [6, 6.07) is 5.53. The van der Waals surface area contributed by atoms with Crippen molar-refractivity contribution in [3.63, 3.8) is 0 Å². The van der Waals surface area contributed by atoms with Crippen LogP contribution in [0.15, 0.2) is 18.2 Å². The summed E-state index contributed by atoms with van der Waals surface area (Å²) in [6.07, 6.45) is 0.548. The molecule has 3 N–H and O–H groups in total. The van der Waals surface area contributed by atoms with Gasteiger partial charge in [0.15, 0.2) is 0 Å². The summed E-state index contributed by atoms with van der Waals surface area (Å²) in [5.41, 5.74) is 9.41. The molecule has 1 aromatic carbocycles. The maximum absolute atomic E-state index is 12.7. The van der Waals surface area contributed by atoms with E-state index in [1.54, 1.807) is 20.9 Å². The molecule has 1 aromatic heterocycles. The first-order valence-corrected chi connectivity index (χ1v) is 10.0. The van der Waals surface area contributed by atoms with E-state index in [-0.39, 0.29) is 11.7 Å². The number of aromatic nitrogens is 2. The maximum atomic E-state index is 12.7. The van der Waals surface area contributed by atoms with Crippen LogP contribution in [0.3, 0.4) is 0 Å². The van der Waals surface area contributed by atoms with Crippen molar-refractivity contribution >= 4 is 27.4 Å². The van der Waals surface area contributed by atoms with Crippen LogP contribution in [0.2, 0.25) is 0 Å². The van der Waals surface area contributed by atoms with Crippen LogP contribution in [-0.2, 0) is 30.0 Å². The lowest BCUT2D eigenvalue weighted by Gasteiger charge is -2.29. The average molecular weight is 377 g/mol. The molecule has 3 rings (SSSR count). The lowest BCUT2D eigenvalue weighted by molar-refractivity contribution is 0.102. The molecule has 0 spiro atoms. The first kappa shape index (κ1) is 18.4. The van der Waals surface area contributed by atoms with E-state index in [1.807, 2.05) is 18.2 Å². The van der Waals surface area contributed by atoms with Gasteiger partial charge in [-0.15, -0.1) is 0 Å². The molecule has 1 aliphatic rings. The van der Waals surface area contributed by atoms with E-state index in [1.165, 1.54) is 8.99 Å². The highest BCUT2D eigenvalue weighted by Crippen LogP contribution is 2.28. The van der Waals surface area contributed by atoms with Crippen molar-refractivity contribution in [2.24, 2.45) is 7.05 Å². The number of aryl methyl sites for hydroxylation is 2. The van der Waals surface area contributed by atoms with Crippen molar-refractivity contribution in [2.45, 2.75) is 26.8 Å². The second-order valence-corrected chi connectivity index (χ2v) is 8.61. The average Bonchev–Trinajstić information content (AvgIpc) is 2.86. The molecule has 0 saturated carbocycles. The molecule has 1 aliphatic heterocycles. The predicted molar refractivity (Wildman–Crippen MR) is 100 cm³/mol. The standard InChI is InChI=1S/C17H23N5O3S/c1-4-26(24,25)22-9-8-13-12(10-22)6-5-7-14(13)19-17(23)15-11(2)20-21(3)16(15)18/h5-7H,4,8-10,18H2,1-3H3,(H,19,23). The fraction of sp³-hybridized carbons (Fsp3) is 0.412. The number of nitrogens with two attached hydrogens (primary N) is 1. The van der Waals surface area contributed by atoms with E-state index in [0.29, 0.717) is 42.3 Å². The number of sulfonamides is 1. The van der Waals surface area contributed by atoms with Gasteiger partial charge < -0.3 is 11.1 Å². The fourth-order valence-electron chi connectivity index (χ4n) is 3.26. The Bertz CT molecular complexity index is 965. The van der Waals surface area contributed by atoms with Gasteiger partial charge in [0.1, 0.15) is 11.4 Å². The van der Waals surface area contributed by atoms with Crippen molar-refractivity contribution in [3.05, 3.63) is 40.6 Å². The predicted octanol–water partition coefficient (Wildman–Crippen LogP) is 1.27. The number of rotatable bonds is 4. The number of carbonyl (C=O) groups is 1. The van der Waals surface area contributed by atoms with Crippen molar-refractivity contribution in [1.29, 1.82) is 0 Å². The van der Waals surface area contributed by atoms with Gasteiger partial charge in [-0.05, 0) is 37.5 Å². The topological polar surface area (TPSA) is 110 Å². The van der Waals surface area contributed by atoms with Crippen LogP contribution in [0.4, 0.5) is 11.5 Å². The second-order valence-electron chi connectivity index (χ2n) is 6.35. The molecule has 1 amide bonds. The van der Waals surface area contributed by atoms with E-state index in [0.717, 1.165) is 11.1 Å². The van der Waals surface area contributed by atoms with Gasteiger partial charge in [0.25, 0.3) is 5.91 Å². The Morgan fingerprint density at radius 2 is 2.12 bits per heavy atom. The smallest absolute Gasteiger partial charge is 0.261 e. The molecule has 26 heavy (non-hydrogen) atoms. The number of hydrogen-bond donors (Lipinski definition) is 2. The second kappa shape index (κ2) is 6.73. The molecule has 8 nitrogen and oxygen atoms in total. The van der Waals surface area contributed by atoms with Crippen molar-refractivity contribution < 1.29 is 13.2 Å². The molecule has 0 aliphatic carbocycles. The van der Waals surface area contributed by atoms with Crippen LogP contribution in [0.5, 0.6) is 0 Å². The zero-order chi connectivity index (χ0) is 19.1. The Balaban J connectivity index is 1.88. The fourth-order valence-corrected chi connectivity index (χ4v) is 4.33. The summed E-state index contributed by atoms with van der Waals surface area (Å²) in [4.78, 5) is 12.7. The van der Waals surface area contributed by atoms with Gasteiger partial charge in [0.2, 0.25) is 10.0 Å². The van der Waals surface area contributed by atoms with Gasteiger partial charge >= 0.3 is 0 Å². The molecular formula is C17H23N5O3S. The first-order chi connectivity index (χ1) is 12.2. The molecule has 140 valence electrons. The van der Waals surface area contributed by atoms with Gasteiger partial charge in [-0.1, -0.05) is 12.1 Å². The van der Waals surface area contributed by atoms with Crippen molar-refractivity contribution in [1.82, 2.24) is 14.1 Å². The number of nitrogen functional groups attached to an aromatic ring is 1. The number of fused-ring (bicyclic) bond motifs is 1. The summed E-state index contributed by atoms with van der Waals surface area (Å²) in [7, 11) is -1.55. The highest BCUT2D eigenvalue weighted by atomic mass is 32.2. The number of nitrogens with zero attached hydrogens (tertiary/aromatic N) is 3. The van der Waals surface area contributed by atoms with Crippen LogP contribution >= 0.6 is 0 Å².